The van der Waals surface area contributed by atoms with Crippen LogP contribution in [0, 0.1) is 5.92 Å². The van der Waals surface area contributed by atoms with Crippen LogP contribution >= 0.6 is 23.5 Å². The summed E-state index contributed by atoms with van der Waals surface area (Å²) in [4.78, 5) is 0. The van der Waals surface area contributed by atoms with Crippen molar-refractivity contribution < 1.29 is 4.74 Å². The van der Waals surface area contributed by atoms with Crippen LogP contribution in [0.25, 0.3) is 0 Å². The van der Waals surface area contributed by atoms with Crippen LogP contribution in [-0.4, -0.2) is 36.2 Å². The van der Waals surface area contributed by atoms with Crippen LogP contribution in [0.15, 0.2) is 48.1 Å². The highest BCUT2D eigenvalue weighted by molar-refractivity contribution is 7.99. The molecule has 0 heterocycles. The molecule has 2 rings (SSSR count). The zero-order valence-electron chi connectivity index (χ0n) is 12.7. The summed E-state index contributed by atoms with van der Waals surface area (Å²) in [5.41, 5.74) is 1.51. The zero-order valence-corrected chi connectivity index (χ0v) is 14.3. The van der Waals surface area contributed by atoms with E-state index in [9.17, 15) is 0 Å². The summed E-state index contributed by atoms with van der Waals surface area (Å²) >= 11 is 4.01. The highest BCUT2D eigenvalue weighted by Crippen LogP contribution is 2.17. The standard InChI is InChI=1S/C18H26OS2/c1-2-6-17(5-1)9-13-20-15-11-19-12-16-21-14-10-18-7-3-4-8-18/h1-3,5-8,17H,4,9-16H2. The van der Waals surface area contributed by atoms with Gasteiger partial charge in [0.2, 0.25) is 0 Å². The van der Waals surface area contributed by atoms with Crippen molar-refractivity contribution >= 4 is 23.5 Å². The Labute approximate surface area is 138 Å². The van der Waals surface area contributed by atoms with Crippen molar-refractivity contribution in [3.05, 3.63) is 48.1 Å². The van der Waals surface area contributed by atoms with Crippen molar-refractivity contribution in [1.29, 1.82) is 0 Å². The molecule has 0 radical (unpaired) electrons. The van der Waals surface area contributed by atoms with Gasteiger partial charge in [-0.25, -0.2) is 0 Å². The predicted octanol–water partition coefficient (Wildman–Crippen LogP) is 4.88. The molecule has 0 saturated heterocycles. The quantitative estimate of drug-likeness (QED) is 0.474. The van der Waals surface area contributed by atoms with Crippen LogP contribution in [0.4, 0.5) is 0 Å². The average Bonchev–Trinajstić information content (AvgIpc) is 3.18. The van der Waals surface area contributed by atoms with Crippen LogP contribution < -0.4 is 0 Å². The lowest BCUT2D eigenvalue weighted by atomic mass is 10.1. The molecule has 1 nitrogen and oxygen atoms in total. The average molecular weight is 323 g/mol. The van der Waals surface area contributed by atoms with E-state index in [2.05, 4.69) is 42.5 Å². The molecule has 3 heteroatoms. The largest absolute Gasteiger partial charge is 0.380 e. The number of allylic oxidation sites excluding steroid dienone is 8. The molecule has 0 spiro atoms. The predicted molar refractivity (Wildman–Crippen MR) is 98.3 cm³/mol. The highest BCUT2D eigenvalue weighted by Gasteiger charge is 2.02. The first-order valence-corrected chi connectivity index (χ1v) is 10.2. The Hall–Kier alpha value is -0.380. The minimum atomic E-state index is 0.680. The van der Waals surface area contributed by atoms with Crippen molar-refractivity contribution in [3.8, 4) is 0 Å². The maximum Gasteiger partial charge on any atom is 0.0557 e. The third kappa shape index (κ3) is 7.98. The topological polar surface area (TPSA) is 9.23 Å². The Balaban J connectivity index is 1.28. The van der Waals surface area contributed by atoms with Gasteiger partial charge in [-0.15, -0.1) is 0 Å². The zero-order chi connectivity index (χ0) is 14.6. The Morgan fingerprint density at radius 3 is 2.48 bits per heavy atom. The van der Waals surface area contributed by atoms with Crippen LogP contribution in [0.5, 0.6) is 0 Å². The lowest BCUT2D eigenvalue weighted by molar-refractivity contribution is 0.167. The van der Waals surface area contributed by atoms with Crippen molar-refractivity contribution in [1.82, 2.24) is 0 Å². The van der Waals surface area contributed by atoms with Crippen LogP contribution in [0.3, 0.4) is 0 Å². The van der Waals surface area contributed by atoms with Crippen LogP contribution in [-0.2, 0) is 4.74 Å². The molecule has 0 N–H and O–H groups in total. The van der Waals surface area contributed by atoms with E-state index in [0.717, 1.165) is 31.1 Å². The summed E-state index contributed by atoms with van der Waals surface area (Å²) in [6.07, 6.45) is 19.3. The molecule has 0 saturated carbocycles. The summed E-state index contributed by atoms with van der Waals surface area (Å²) < 4.78 is 5.68. The molecular weight excluding hydrogens is 296 g/mol. The molecule has 0 amide bonds. The smallest absolute Gasteiger partial charge is 0.0557 e. The maximum atomic E-state index is 5.68. The molecule has 21 heavy (non-hydrogen) atoms. The SMILES string of the molecule is C1=CC(CCSCCOCCSCCC2=CCC=C2)C=C1. The number of rotatable bonds is 12. The van der Waals surface area contributed by atoms with Crippen LogP contribution in [0.1, 0.15) is 19.3 Å². The fraction of sp³-hybridized carbons (Fsp3) is 0.556. The molecule has 0 aromatic rings. The molecule has 0 atom stereocenters. The summed E-state index contributed by atoms with van der Waals surface area (Å²) in [7, 11) is 0. The van der Waals surface area contributed by atoms with Crippen molar-refractivity contribution in [2.45, 2.75) is 19.3 Å². The second-order valence-electron chi connectivity index (χ2n) is 5.23. The highest BCUT2D eigenvalue weighted by atomic mass is 32.2. The summed E-state index contributed by atoms with van der Waals surface area (Å²) in [5.74, 6) is 5.39. The molecule has 116 valence electrons. The van der Waals surface area contributed by atoms with E-state index in [1.54, 1.807) is 0 Å². The first-order valence-electron chi connectivity index (χ1n) is 7.89. The van der Waals surface area contributed by atoms with Crippen LogP contribution in [0.2, 0.25) is 0 Å². The number of thioether (sulfide) groups is 2. The fourth-order valence-corrected chi connectivity index (χ4v) is 4.01. The molecular formula is C18H26OS2. The van der Waals surface area contributed by atoms with E-state index in [4.69, 9.17) is 4.74 Å². The maximum absolute atomic E-state index is 5.68. The van der Waals surface area contributed by atoms with Gasteiger partial charge < -0.3 is 4.74 Å². The van der Waals surface area contributed by atoms with Gasteiger partial charge in [-0.1, -0.05) is 48.1 Å². The third-order valence-corrected chi connectivity index (χ3v) is 5.48. The van der Waals surface area contributed by atoms with Gasteiger partial charge in [0, 0.05) is 11.5 Å². The van der Waals surface area contributed by atoms with E-state index >= 15 is 0 Å². The summed E-state index contributed by atoms with van der Waals surface area (Å²) in [6, 6.07) is 0. The lowest BCUT2D eigenvalue weighted by Gasteiger charge is -2.06. The van der Waals surface area contributed by atoms with Gasteiger partial charge in [0.1, 0.15) is 0 Å². The summed E-state index contributed by atoms with van der Waals surface area (Å²) in [6.45, 7) is 1.80. The Morgan fingerprint density at radius 1 is 1.00 bits per heavy atom. The van der Waals surface area contributed by atoms with E-state index < -0.39 is 0 Å². The van der Waals surface area contributed by atoms with Gasteiger partial charge in [0.15, 0.2) is 0 Å². The van der Waals surface area contributed by atoms with E-state index in [-0.39, 0.29) is 0 Å². The molecule has 0 unspecified atom stereocenters. The van der Waals surface area contributed by atoms with Gasteiger partial charge in [0.25, 0.3) is 0 Å². The van der Waals surface area contributed by atoms with Crippen molar-refractivity contribution in [2.24, 2.45) is 5.92 Å². The Morgan fingerprint density at radius 2 is 1.76 bits per heavy atom. The third-order valence-electron chi connectivity index (χ3n) is 3.55. The van der Waals surface area contributed by atoms with E-state index in [1.165, 1.54) is 29.9 Å². The second kappa shape index (κ2) is 11.2. The van der Waals surface area contributed by atoms with Crippen molar-refractivity contribution in [3.63, 3.8) is 0 Å². The number of hydrogen-bond donors (Lipinski definition) is 0. The lowest BCUT2D eigenvalue weighted by Crippen LogP contribution is -2.03. The van der Waals surface area contributed by atoms with Gasteiger partial charge in [-0.3, -0.25) is 0 Å². The minimum absolute atomic E-state index is 0.680. The monoisotopic (exact) mass is 322 g/mol. The first-order chi connectivity index (χ1) is 10.4. The molecule has 2 aliphatic carbocycles. The Bertz CT molecular complexity index is 384. The minimum Gasteiger partial charge on any atom is -0.380 e. The number of hydrogen-bond acceptors (Lipinski definition) is 3. The van der Waals surface area contributed by atoms with Gasteiger partial charge in [0.05, 0.1) is 13.2 Å². The first kappa shape index (κ1) is 17.0. The van der Waals surface area contributed by atoms with E-state index in [0.29, 0.717) is 5.92 Å². The molecule has 0 aromatic heterocycles. The molecule has 0 aliphatic heterocycles. The second-order valence-corrected chi connectivity index (χ2v) is 7.68. The molecule has 0 aromatic carbocycles. The molecule has 0 bridgehead atoms. The van der Waals surface area contributed by atoms with Gasteiger partial charge in [-0.2, -0.15) is 23.5 Å². The van der Waals surface area contributed by atoms with Crippen molar-refractivity contribution in [2.75, 3.05) is 36.2 Å². The number of ether oxygens (including phenoxy) is 1. The molecule has 0 fully saturated rings. The summed E-state index contributed by atoms with van der Waals surface area (Å²) in [5, 5.41) is 0. The van der Waals surface area contributed by atoms with Gasteiger partial charge >= 0.3 is 0 Å². The Kier molecular flexibility index (Phi) is 9.07. The van der Waals surface area contributed by atoms with Gasteiger partial charge in [-0.05, 0) is 36.7 Å². The fourth-order valence-electron chi connectivity index (χ4n) is 2.31. The molecule has 2 aliphatic rings. The van der Waals surface area contributed by atoms with E-state index in [1.807, 2.05) is 23.5 Å². The normalized spacial score (nSPS) is 17.0.